The molecule has 9 heavy (non-hydrogen) atoms. The highest BCUT2D eigenvalue weighted by Crippen LogP contribution is 2.10. The second-order valence-electron chi connectivity index (χ2n) is 2.93. The van der Waals surface area contributed by atoms with Gasteiger partial charge in [-0.15, -0.1) is 0 Å². The van der Waals surface area contributed by atoms with Gasteiger partial charge in [0.05, 0.1) is 6.17 Å². The first-order valence-electron chi connectivity index (χ1n) is 3.73. The molecule has 2 atom stereocenters. The van der Waals surface area contributed by atoms with Gasteiger partial charge in [-0.3, -0.25) is 0 Å². The fourth-order valence-corrected chi connectivity index (χ4v) is 1.25. The number of hydrogen-bond acceptors (Lipinski definition) is 2. The molecule has 0 aromatic carbocycles. The Bertz CT molecular complexity index is 75.0. The van der Waals surface area contributed by atoms with E-state index in [0.717, 1.165) is 5.92 Å². The molecule has 0 amide bonds. The number of hydrogen-bond donors (Lipinski definition) is 2. The maximum atomic E-state index is 3.41. The van der Waals surface area contributed by atoms with Crippen molar-refractivity contribution in [2.24, 2.45) is 5.92 Å². The van der Waals surface area contributed by atoms with Gasteiger partial charge in [0.1, 0.15) is 0 Å². The molecule has 54 valence electrons. The van der Waals surface area contributed by atoms with E-state index >= 15 is 0 Å². The number of rotatable bonds is 1. The summed E-state index contributed by atoms with van der Waals surface area (Å²) >= 11 is 0. The smallest absolute Gasteiger partial charge is 0.0569 e. The molecule has 0 bridgehead atoms. The Balaban J connectivity index is 2.18. The van der Waals surface area contributed by atoms with Gasteiger partial charge in [0.2, 0.25) is 0 Å². The summed E-state index contributed by atoms with van der Waals surface area (Å²) in [6, 6.07) is 0. The Morgan fingerprint density at radius 1 is 1.44 bits per heavy atom. The zero-order valence-corrected chi connectivity index (χ0v) is 6.28. The summed E-state index contributed by atoms with van der Waals surface area (Å²) in [6.07, 6.45) is 3.21. The summed E-state index contributed by atoms with van der Waals surface area (Å²) in [5.74, 6) is 0.870. The molecule has 0 radical (unpaired) electrons. The molecule has 0 aliphatic carbocycles. The Morgan fingerprint density at radius 3 is 2.67 bits per heavy atom. The molecular weight excluding hydrogens is 112 g/mol. The fourth-order valence-electron chi connectivity index (χ4n) is 1.25. The van der Waals surface area contributed by atoms with Crippen molar-refractivity contribution in [1.82, 2.24) is 10.6 Å². The van der Waals surface area contributed by atoms with Crippen molar-refractivity contribution in [3.8, 4) is 0 Å². The molecule has 0 saturated carbocycles. The number of nitrogens with one attached hydrogen (secondary N) is 2. The summed E-state index contributed by atoms with van der Waals surface area (Å²) in [5.41, 5.74) is 0. The summed E-state index contributed by atoms with van der Waals surface area (Å²) in [7, 11) is 2.01. The molecule has 2 heteroatoms. The van der Waals surface area contributed by atoms with Crippen molar-refractivity contribution in [3.63, 3.8) is 0 Å². The Labute approximate surface area is 57.0 Å². The zero-order valence-electron chi connectivity index (χ0n) is 6.28. The Hall–Kier alpha value is -0.0800. The molecule has 0 aromatic rings. The molecule has 2 nitrogen and oxygen atoms in total. The first-order valence-corrected chi connectivity index (χ1v) is 3.73. The van der Waals surface area contributed by atoms with Crippen LogP contribution in [0.25, 0.3) is 0 Å². The quantitative estimate of drug-likeness (QED) is 0.539. The lowest BCUT2D eigenvalue weighted by Crippen LogP contribution is -2.45. The lowest BCUT2D eigenvalue weighted by atomic mass is 10.0. The molecule has 1 heterocycles. The summed E-state index contributed by atoms with van der Waals surface area (Å²) in [4.78, 5) is 0. The average molecular weight is 128 g/mol. The molecule has 1 aliphatic rings. The van der Waals surface area contributed by atoms with Crippen molar-refractivity contribution in [2.45, 2.75) is 25.9 Å². The predicted octanol–water partition coefficient (Wildman–Crippen LogP) is 0.551. The van der Waals surface area contributed by atoms with Crippen LogP contribution in [0.1, 0.15) is 19.8 Å². The van der Waals surface area contributed by atoms with E-state index in [0.29, 0.717) is 6.17 Å². The van der Waals surface area contributed by atoms with Gasteiger partial charge in [0.15, 0.2) is 0 Å². The predicted molar refractivity (Wildman–Crippen MR) is 39.2 cm³/mol. The molecule has 2 N–H and O–H groups in total. The molecule has 0 unspecified atom stereocenters. The van der Waals surface area contributed by atoms with Gasteiger partial charge in [0.25, 0.3) is 0 Å². The van der Waals surface area contributed by atoms with Gasteiger partial charge < -0.3 is 10.6 Å². The molecule has 0 spiro atoms. The van der Waals surface area contributed by atoms with Crippen LogP contribution in [0, 0.1) is 5.92 Å². The lowest BCUT2D eigenvalue weighted by molar-refractivity contribution is 0.301. The van der Waals surface area contributed by atoms with Crippen LogP contribution in [0.2, 0.25) is 0 Å². The molecule has 1 rings (SSSR count). The summed E-state index contributed by atoms with van der Waals surface area (Å²) in [5, 5.41) is 6.62. The van der Waals surface area contributed by atoms with E-state index in [9.17, 15) is 0 Å². The molecule has 0 aromatic heterocycles. The van der Waals surface area contributed by atoms with Crippen LogP contribution < -0.4 is 10.6 Å². The minimum absolute atomic E-state index is 0.571. The molecule has 1 saturated heterocycles. The highest BCUT2D eigenvalue weighted by Gasteiger charge is 2.14. The van der Waals surface area contributed by atoms with Gasteiger partial charge in [-0.05, 0) is 32.4 Å². The van der Waals surface area contributed by atoms with E-state index in [1.807, 2.05) is 7.05 Å². The highest BCUT2D eigenvalue weighted by molar-refractivity contribution is 4.72. The topological polar surface area (TPSA) is 24.1 Å². The van der Waals surface area contributed by atoms with E-state index < -0.39 is 0 Å². The third-order valence-electron chi connectivity index (χ3n) is 2.01. The maximum Gasteiger partial charge on any atom is 0.0569 e. The van der Waals surface area contributed by atoms with Crippen LogP contribution in [0.4, 0.5) is 0 Å². The second kappa shape index (κ2) is 3.18. The van der Waals surface area contributed by atoms with Crippen LogP contribution >= 0.6 is 0 Å². The average Bonchev–Trinajstić information content (AvgIpc) is 1.90. The third-order valence-corrected chi connectivity index (χ3v) is 2.01. The largest absolute Gasteiger partial charge is 0.305 e. The molecule has 1 fully saturated rings. The Morgan fingerprint density at radius 2 is 2.22 bits per heavy atom. The van der Waals surface area contributed by atoms with Gasteiger partial charge in [-0.2, -0.15) is 0 Å². The minimum atomic E-state index is 0.571. The highest BCUT2D eigenvalue weighted by atomic mass is 15.1. The van der Waals surface area contributed by atoms with Gasteiger partial charge in [0, 0.05) is 0 Å². The number of piperidine rings is 1. The van der Waals surface area contributed by atoms with E-state index in [1.54, 1.807) is 0 Å². The third kappa shape index (κ3) is 1.95. The maximum absolute atomic E-state index is 3.41. The van der Waals surface area contributed by atoms with Crippen LogP contribution in [0.5, 0.6) is 0 Å². The second-order valence-corrected chi connectivity index (χ2v) is 2.93. The van der Waals surface area contributed by atoms with E-state index in [4.69, 9.17) is 0 Å². The van der Waals surface area contributed by atoms with E-state index in [2.05, 4.69) is 17.6 Å². The monoisotopic (exact) mass is 128 g/mol. The molecule has 1 aliphatic heterocycles. The Kier molecular flexibility index (Phi) is 2.49. The summed E-state index contributed by atoms with van der Waals surface area (Å²) < 4.78 is 0. The van der Waals surface area contributed by atoms with Crippen molar-refractivity contribution >= 4 is 0 Å². The standard InChI is InChI=1S/C7H16N2/c1-6-3-4-7(8-2)9-5-6/h6-9H,3-5H2,1-2H3/t6-,7-/m1/s1. The SMILES string of the molecule is CN[C@H]1CC[C@@H](C)CN1. The van der Waals surface area contributed by atoms with Gasteiger partial charge >= 0.3 is 0 Å². The first-order chi connectivity index (χ1) is 4.33. The van der Waals surface area contributed by atoms with E-state index in [-0.39, 0.29) is 0 Å². The van der Waals surface area contributed by atoms with Crippen LogP contribution in [0.15, 0.2) is 0 Å². The molecular formula is C7H16N2. The van der Waals surface area contributed by atoms with Crippen molar-refractivity contribution in [1.29, 1.82) is 0 Å². The van der Waals surface area contributed by atoms with E-state index in [1.165, 1.54) is 19.4 Å². The van der Waals surface area contributed by atoms with Gasteiger partial charge in [-0.25, -0.2) is 0 Å². The van der Waals surface area contributed by atoms with Crippen LogP contribution in [-0.4, -0.2) is 19.8 Å². The van der Waals surface area contributed by atoms with Crippen molar-refractivity contribution < 1.29 is 0 Å². The first kappa shape index (κ1) is 7.03. The van der Waals surface area contributed by atoms with Crippen LogP contribution in [-0.2, 0) is 0 Å². The van der Waals surface area contributed by atoms with Crippen LogP contribution in [0.3, 0.4) is 0 Å². The van der Waals surface area contributed by atoms with Crippen molar-refractivity contribution in [2.75, 3.05) is 13.6 Å². The zero-order chi connectivity index (χ0) is 6.69. The minimum Gasteiger partial charge on any atom is -0.305 e. The lowest BCUT2D eigenvalue weighted by Gasteiger charge is -2.27. The normalized spacial score (nSPS) is 36.7. The fraction of sp³-hybridized carbons (Fsp3) is 1.00. The van der Waals surface area contributed by atoms with Gasteiger partial charge in [-0.1, -0.05) is 6.92 Å². The summed E-state index contributed by atoms with van der Waals surface area (Å²) in [6.45, 7) is 3.46. The van der Waals surface area contributed by atoms with Crippen molar-refractivity contribution in [3.05, 3.63) is 0 Å².